The van der Waals surface area contributed by atoms with Gasteiger partial charge in [-0.2, -0.15) is 0 Å². The third kappa shape index (κ3) is 3.28. The molecule has 2 rings (SSSR count). The number of β-amino-alcohol motifs (C(OH)–C–C–N with tert-alkyl or cyclic N) is 1. The van der Waals surface area contributed by atoms with Gasteiger partial charge in [0.25, 0.3) is 0 Å². The molecule has 1 heterocycles. The number of rotatable bonds is 3. The summed E-state index contributed by atoms with van der Waals surface area (Å²) < 4.78 is 0. The van der Waals surface area contributed by atoms with E-state index in [4.69, 9.17) is 11.1 Å². The number of benzene rings is 1. The van der Waals surface area contributed by atoms with Gasteiger partial charge in [0.1, 0.15) is 5.84 Å². The number of nitrogens with two attached hydrogens (primary N) is 1. The number of nitrogens with zero attached hydrogens (tertiary/aromatic N) is 1. The normalized spacial score (nSPS) is 21.4. The van der Waals surface area contributed by atoms with Crippen LogP contribution in [-0.4, -0.2) is 35.0 Å². The fraction of sp³-hybridized carbons (Fsp3) is 0.462. The van der Waals surface area contributed by atoms with Crippen LogP contribution in [0.25, 0.3) is 0 Å². The number of nitrogen functional groups attached to an aromatic ring is 1. The molecule has 4 nitrogen and oxygen atoms in total. The summed E-state index contributed by atoms with van der Waals surface area (Å²) in [6, 6.07) is 7.74. The van der Waals surface area contributed by atoms with Crippen molar-refractivity contribution < 1.29 is 5.11 Å². The van der Waals surface area contributed by atoms with Gasteiger partial charge in [-0.15, -0.1) is 0 Å². The molecule has 1 saturated heterocycles. The highest BCUT2D eigenvalue weighted by Gasteiger charge is 2.17. The predicted octanol–water partition coefficient (Wildman–Crippen LogP) is 0.927. The number of hydrogen-bond donors (Lipinski definition) is 3. The predicted molar refractivity (Wildman–Crippen MR) is 68.0 cm³/mol. The monoisotopic (exact) mass is 233 g/mol. The summed E-state index contributed by atoms with van der Waals surface area (Å²) in [5.41, 5.74) is 7.36. The molecule has 1 aromatic rings. The van der Waals surface area contributed by atoms with Gasteiger partial charge < -0.3 is 10.8 Å². The molecule has 0 spiro atoms. The zero-order valence-corrected chi connectivity index (χ0v) is 9.89. The van der Waals surface area contributed by atoms with E-state index in [1.165, 1.54) is 5.56 Å². The first-order chi connectivity index (χ1) is 8.15. The molecule has 0 aliphatic carbocycles. The number of amidine groups is 1. The standard InChI is InChI=1S/C13H19N3O/c14-13(15)11-5-3-10(4-6-11)8-16-7-1-2-12(17)9-16/h3-6,12,17H,1-2,7-9H2,(H3,14,15). The highest BCUT2D eigenvalue weighted by atomic mass is 16.3. The van der Waals surface area contributed by atoms with Crippen LogP contribution >= 0.6 is 0 Å². The summed E-state index contributed by atoms with van der Waals surface area (Å²) in [7, 11) is 0. The second kappa shape index (κ2) is 5.29. The minimum Gasteiger partial charge on any atom is -0.392 e. The van der Waals surface area contributed by atoms with Gasteiger partial charge in [-0.3, -0.25) is 10.3 Å². The Labute approximate surface area is 102 Å². The van der Waals surface area contributed by atoms with Gasteiger partial charge >= 0.3 is 0 Å². The van der Waals surface area contributed by atoms with Gasteiger partial charge in [-0.05, 0) is 24.9 Å². The van der Waals surface area contributed by atoms with Crippen molar-refractivity contribution in [2.75, 3.05) is 13.1 Å². The van der Waals surface area contributed by atoms with Gasteiger partial charge in [-0.1, -0.05) is 24.3 Å². The minimum atomic E-state index is -0.180. The molecule has 0 amide bonds. The smallest absolute Gasteiger partial charge is 0.122 e. The molecule has 1 atom stereocenters. The fourth-order valence-electron chi connectivity index (χ4n) is 2.22. The zero-order valence-electron chi connectivity index (χ0n) is 9.89. The van der Waals surface area contributed by atoms with Crippen molar-refractivity contribution in [3.63, 3.8) is 0 Å². The molecule has 0 aromatic heterocycles. The Morgan fingerprint density at radius 1 is 1.41 bits per heavy atom. The number of aliphatic hydroxyl groups is 1. The molecule has 1 aliphatic heterocycles. The first kappa shape index (κ1) is 12.1. The molecule has 4 N–H and O–H groups in total. The molecule has 0 saturated carbocycles. The van der Waals surface area contributed by atoms with Crippen molar-refractivity contribution in [1.29, 1.82) is 5.41 Å². The van der Waals surface area contributed by atoms with Crippen LogP contribution < -0.4 is 5.73 Å². The first-order valence-corrected chi connectivity index (χ1v) is 5.99. The Bertz CT molecular complexity index is 388. The van der Waals surface area contributed by atoms with Crippen molar-refractivity contribution in [3.05, 3.63) is 35.4 Å². The number of piperidine rings is 1. The third-order valence-electron chi connectivity index (χ3n) is 3.15. The van der Waals surface area contributed by atoms with Crippen molar-refractivity contribution in [1.82, 2.24) is 4.90 Å². The zero-order chi connectivity index (χ0) is 12.3. The summed E-state index contributed by atoms with van der Waals surface area (Å²) in [5.74, 6) is 0.102. The average molecular weight is 233 g/mol. The molecule has 17 heavy (non-hydrogen) atoms. The lowest BCUT2D eigenvalue weighted by Crippen LogP contribution is -2.37. The molecule has 1 aliphatic rings. The van der Waals surface area contributed by atoms with Gasteiger partial charge in [0.05, 0.1) is 6.10 Å². The van der Waals surface area contributed by atoms with Crippen LogP contribution in [0.2, 0.25) is 0 Å². The summed E-state index contributed by atoms with van der Waals surface area (Å²) >= 11 is 0. The van der Waals surface area contributed by atoms with E-state index in [2.05, 4.69) is 4.90 Å². The van der Waals surface area contributed by atoms with Crippen molar-refractivity contribution in [2.45, 2.75) is 25.5 Å². The number of hydrogen-bond acceptors (Lipinski definition) is 3. The number of likely N-dealkylation sites (tertiary alicyclic amines) is 1. The van der Waals surface area contributed by atoms with Crippen LogP contribution in [0.5, 0.6) is 0 Å². The van der Waals surface area contributed by atoms with E-state index < -0.39 is 0 Å². The van der Waals surface area contributed by atoms with E-state index in [0.29, 0.717) is 0 Å². The van der Waals surface area contributed by atoms with Crippen molar-refractivity contribution >= 4 is 5.84 Å². The van der Waals surface area contributed by atoms with Gasteiger partial charge in [0.2, 0.25) is 0 Å². The number of aliphatic hydroxyl groups excluding tert-OH is 1. The molecular formula is C13H19N3O. The van der Waals surface area contributed by atoms with Crippen molar-refractivity contribution in [3.8, 4) is 0 Å². The second-order valence-corrected chi connectivity index (χ2v) is 4.64. The van der Waals surface area contributed by atoms with Crippen LogP contribution in [0.4, 0.5) is 0 Å². The van der Waals surface area contributed by atoms with Gasteiger partial charge in [0, 0.05) is 18.7 Å². The molecule has 1 unspecified atom stereocenters. The van der Waals surface area contributed by atoms with Crippen LogP contribution in [0.15, 0.2) is 24.3 Å². The molecule has 92 valence electrons. The molecule has 4 heteroatoms. The first-order valence-electron chi connectivity index (χ1n) is 5.99. The minimum absolute atomic E-state index is 0.102. The maximum Gasteiger partial charge on any atom is 0.122 e. The Morgan fingerprint density at radius 2 is 2.12 bits per heavy atom. The number of nitrogens with one attached hydrogen (secondary N) is 1. The Hall–Kier alpha value is -1.39. The highest BCUT2D eigenvalue weighted by molar-refractivity contribution is 5.94. The molecule has 0 radical (unpaired) electrons. The quantitative estimate of drug-likeness (QED) is 0.537. The second-order valence-electron chi connectivity index (χ2n) is 4.64. The van der Waals surface area contributed by atoms with E-state index in [9.17, 15) is 5.11 Å². The van der Waals surface area contributed by atoms with Crippen molar-refractivity contribution in [2.24, 2.45) is 5.73 Å². The van der Waals surface area contributed by atoms with E-state index in [1.54, 1.807) is 0 Å². The Balaban J connectivity index is 1.96. The van der Waals surface area contributed by atoms with E-state index in [-0.39, 0.29) is 11.9 Å². The van der Waals surface area contributed by atoms with E-state index in [1.807, 2.05) is 24.3 Å². The molecular weight excluding hydrogens is 214 g/mol. The van der Waals surface area contributed by atoms with Crippen LogP contribution in [-0.2, 0) is 6.54 Å². The Morgan fingerprint density at radius 3 is 2.71 bits per heavy atom. The topological polar surface area (TPSA) is 73.3 Å². The van der Waals surface area contributed by atoms with E-state index in [0.717, 1.165) is 38.0 Å². The summed E-state index contributed by atoms with van der Waals surface area (Å²) in [6.07, 6.45) is 1.80. The molecule has 0 bridgehead atoms. The van der Waals surface area contributed by atoms with E-state index >= 15 is 0 Å². The summed E-state index contributed by atoms with van der Waals surface area (Å²) in [6.45, 7) is 2.66. The maximum absolute atomic E-state index is 9.59. The lowest BCUT2D eigenvalue weighted by Gasteiger charge is -2.29. The molecule has 1 fully saturated rings. The Kier molecular flexibility index (Phi) is 3.76. The van der Waals surface area contributed by atoms with Crippen LogP contribution in [0.3, 0.4) is 0 Å². The lowest BCUT2D eigenvalue weighted by atomic mass is 10.1. The molecule has 1 aromatic carbocycles. The third-order valence-corrected chi connectivity index (χ3v) is 3.15. The summed E-state index contributed by atoms with van der Waals surface area (Å²) in [4.78, 5) is 2.26. The van der Waals surface area contributed by atoms with Gasteiger partial charge in [-0.25, -0.2) is 0 Å². The van der Waals surface area contributed by atoms with Gasteiger partial charge in [0.15, 0.2) is 0 Å². The SMILES string of the molecule is N=C(N)c1ccc(CN2CCCC(O)C2)cc1. The average Bonchev–Trinajstić information content (AvgIpc) is 2.29. The maximum atomic E-state index is 9.59. The summed E-state index contributed by atoms with van der Waals surface area (Å²) in [5, 5.41) is 16.9. The van der Waals surface area contributed by atoms with Crippen LogP contribution in [0.1, 0.15) is 24.0 Å². The van der Waals surface area contributed by atoms with Crippen LogP contribution in [0, 0.1) is 5.41 Å². The highest BCUT2D eigenvalue weighted by Crippen LogP contribution is 2.14. The fourth-order valence-corrected chi connectivity index (χ4v) is 2.22. The lowest BCUT2D eigenvalue weighted by molar-refractivity contribution is 0.0668. The largest absolute Gasteiger partial charge is 0.392 e.